The van der Waals surface area contributed by atoms with Crippen LogP contribution < -0.4 is 4.90 Å². The molecule has 0 aliphatic carbocycles. The van der Waals surface area contributed by atoms with Gasteiger partial charge in [-0.3, -0.25) is 4.79 Å². The number of hydrogen-bond donors (Lipinski definition) is 0. The van der Waals surface area contributed by atoms with Gasteiger partial charge in [0.05, 0.1) is 16.9 Å². The Balaban J connectivity index is 1.63. The van der Waals surface area contributed by atoms with Crippen LogP contribution >= 0.6 is 11.8 Å². The van der Waals surface area contributed by atoms with Crippen molar-refractivity contribution in [3.05, 3.63) is 65.6 Å². The van der Waals surface area contributed by atoms with E-state index in [9.17, 15) is 4.79 Å². The molecule has 1 aliphatic heterocycles. The lowest BCUT2D eigenvalue weighted by Crippen LogP contribution is -2.35. The summed E-state index contributed by atoms with van der Waals surface area (Å²) in [6.45, 7) is 4.65. The number of thioether (sulfide) groups is 1. The predicted octanol–water partition coefficient (Wildman–Crippen LogP) is 3.64. The monoisotopic (exact) mass is 350 g/mol. The summed E-state index contributed by atoms with van der Waals surface area (Å²) >= 11 is 1.79. The number of benzene rings is 1. The van der Waals surface area contributed by atoms with Crippen molar-refractivity contribution >= 4 is 23.4 Å². The normalized spacial score (nSPS) is 13.6. The lowest BCUT2D eigenvalue weighted by molar-refractivity contribution is 0.0987. The van der Waals surface area contributed by atoms with Crippen LogP contribution in [0.15, 0.2) is 53.6 Å². The predicted molar refractivity (Wildman–Crippen MR) is 99.7 cm³/mol. The molecular formula is C19H18N4OS. The Morgan fingerprint density at radius 2 is 2.00 bits per heavy atom. The molecular weight excluding hydrogens is 332 g/mol. The Kier molecular flexibility index (Phi) is 4.05. The summed E-state index contributed by atoms with van der Waals surface area (Å²) < 4.78 is 1.79. The van der Waals surface area contributed by atoms with E-state index in [1.54, 1.807) is 22.6 Å². The SMILES string of the molecule is Cc1cc(C)n(-c2ccc(C(=O)N3CCSc4ccccc43)cn2)n1. The number of carbonyl (C=O) groups excluding carboxylic acids is 1. The molecule has 0 unspecified atom stereocenters. The van der Waals surface area contributed by atoms with Crippen molar-refractivity contribution in [2.24, 2.45) is 0 Å². The van der Waals surface area contributed by atoms with Crippen LogP contribution in [0.1, 0.15) is 21.7 Å². The molecule has 0 spiro atoms. The summed E-state index contributed by atoms with van der Waals surface area (Å²) in [4.78, 5) is 20.4. The Labute approximate surface area is 150 Å². The zero-order valence-corrected chi connectivity index (χ0v) is 15.0. The van der Waals surface area contributed by atoms with Gasteiger partial charge in [0.2, 0.25) is 0 Å². The molecule has 0 saturated heterocycles. The van der Waals surface area contributed by atoms with Crippen molar-refractivity contribution < 1.29 is 4.79 Å². The molecule has 0 atom stereocenters. The Bertz CT molecular complexity index is 933. The number of carbonyl (C=O) groups is 1. The van der Waals surface area contributed by atoms with E-state index in [4.69, 9.17) is 0 Å². The first-order chi connectivity index (χ1) is 12.1. The zero-order valence-electron chi connectivity index (χ0n) is 14.1. The second-order valence-electron chi connectivity index (χ2n) is 6.02. The van der Waals surface area contributed by atoms with Crippen LogP contribution in [0, 0.1) is 13.8 Å². The summed E-state index contributed by atoms with van der Waals surface area (Å²) in [5.74, 6) is 1.61. The standard InChI is InChI=1S/C19H18N4OS/c1-13-11-14(2)23(21-13)18-8-7-15(12-20-18)19(24)22-9-10-25-17-6-4-3-5-16(17)22/h3-8,11-12H,9-10H2,1-2H3. The summed E-state index contributed by atoms with van der Waals surface area (Å²) in [6.07, 6.45) is 1.64. The molecule has 0 N–H and O–H groups in total. The van der Waals surface area contributed by atoms with Gasteiger partial charge in [0, 0.05) is 29.1 Å². The van der Waals surface area contributed by atoms with Crippen molar-refractivity contribution in [1.29, 1.82) is 0 Å². The van der Waals surface area contributed by atoms with Crippen LogP contribution in [0.25, 0.3) is 5.82 Å². The Morgan fingerprint density at radius 1 is 1.16 bits per heavy atom. The lowest BCUT2D eigenvalue weighted by atomic mass is 10.2. The second-order valence-corrected chi connectivity index (χ2v) is 7.15. The molecule has 0 radical (unpaired) electrons. The molecule has 1 aliphatic rings. The quantitative estimate of drug-likeness (QED) is 0.708. The first kappa shape index (κ1) is 15.9. The second kappa shape index (κ2) is 6.37. The molecule has 0 saturated carbocycles. The molecule has 2 aromatic heterocycles. The van der Waals surface area contributed by atoms with Gasteiger partial charge in [-0.15, -0.1) is 11.8 Å². The van der Waals surface area contributed by atoms with Gasteiger partial charge >= 0.3 is 0 Å². The fourth-order valence-corrected chi connectivity index (χ4v) is 4.03. The Morgan fingerprint density at radius 3 is 2.72 bits per heavy atom. The molecule has 4 rings (SSSR count). The molecule has 3 aromatic rings. The smallest absolute Gasteiger partial charge is 0.259 e. The van der Waals surface area contributed by atoms with Crippen molar-refractivity contribution in [1.82, 2.24) is 14.8 Å². The molecule has 1 aromatic carbocycles. The van der Waals surface area contributed by atoms with Gasteiger partial charge in [0.25, 0.3) is 5.91 Å². The summed E-state index contributed by atoms with van der Waals surface area (Å²) in [7, 11) is 0. The molecule has 6 heteroatoms. The van der Waals surface area contributed by atoms with Gasteiger partial charge in [-0.1, -0.05) is 12.1 Å². The highest BCUT2D eigenvalue weighted by atomic mass is 32.2. The Hall–Kier alpha value is -2.60. The van der Waals surface area contributed by atoms with E-state index in [2.05, 4.69) is 16.1 Å². The van der Waals surface area contributed by atoms with Gasteiger partial charge in [0.15, 0.2) is 5.82 Å². The van der Waals surface area contributed by atoms with E-state index in [1.807, 2.05) is 55.1 Å². The summed E-state index contributed by atoms with van der Waals surface area (Å²) in [5.41, 5.74) is 3.53. The molecule has 25 heavy (non-hydrogen) atoms. The number of aromatic nitrogens is 3. The highest BCUT2D eigenvalue weighted by Crippen LogP contribution is 2.35. The highest BCUT2D eigenvalue weighted by molar-refractivity contribution is 7.99. The fraction of sp³-hybridized carbons (Fsp3) is 0.211. The van der Waals surface area contributed by atoms with Gasteiger partial charge in [-0.2, -0.15) is 5.10 Å². The van der Waals surface area contributed by atoms with Gasteiger partial charge in [-0.05, 0) is 44.2 Å². The fourth-order valence-electron chi connectivity index (χ4n) is 3.04. The van der Waals surface area contributed by atoms with Crippen LogP contribution in [0.4, 0.5) is 5.69 Å². The molecule has 1 amide bonds. The third kappa shape index (κ3) is 2.93. The third-order valence-corrected chi connectivity index (χ3v) is 5.24. The van der Waals surface area contributed by atoms with Gasteiger partial charge < -0.3 is 4.90 Å². The van der Waals surface area contributed by atoms with E-state index in [0.29, 0.717) is 12.1 Å². The van der Waals surface area contributed by atoms with E-state index in [-0.39, 0.29) is 5.91 Å². The first-order valence-corrected chi connectivity index (χ1v) is 9.15. The highest BCUT2D eigenvalue weighted by Gasteiger charge is 2.24. The average Bonchev–Trinajstić information content (AvgIpc) is 2.99. The van der Waals surface area contributed by atoms with Crippen LogP contribution in [-0.4, -0.2) is 33.0 Å². The maximum atomic E-state index is 12.9. The number of para-hydroxylation sites is 1. The average molecular weight is 350 g/mol. The third-order valence-electron chi connectivity index (χ3n) is 4.20. The molecule has 0 bridgehead atoms. The van der Waals surface area contributed by atoms with E-state index < -0.39 is 0 Å². The minimum absolute atomic E-state index is 0.0137. The van der Waals surface area contributed by atoms with Gasteiger partial charge in [0.1, 0.15) is 0 Å². The van der Waals surface area contributed by atoms with Crippen molar-refractivity contribution in [3.8, 4) is 5.82 Å². The topological polar surface area (TPSA) is 51.0 Å². The summed E-state index contributed by atoms with van der Waals surface area (Å²) in [5, 5.41) is 4.43. The number of fused-ring (bicyclic) bond motifs is 1. The maximum Gasteiger partial charge on any atom is 0.259 e. The molecule has 126 valence electrons. The number of aryl methyl sites for hydroxylation is 2. The minimum atomic E-state index is -0.0137. The summed E-state index contributed by atoms with van der Waals surface area (Å²) in [6, 6.07) is 13.7. The molecule has 5 nitrogen and oxygen atoms in total. The molecule has 0 fully saturated rings. The van der Waals surface area contributed by atoms with Crippen molar-refractivity contribution in [2.45, 2.75) is 18.7 Å². The van der Waals surface area contributed by atoms with Gasteiger partial charge in [-0.25, -0.2) is 9.67 Å². The number of pyridine rings is 1. The van der Waals surface area contributed by atoms with E-state index in [0.717, 1.165) is 33.5 Å². The van der Waals surface area contributed by atoms with Crippen molar-refractivity contribution in [2.75, 3.05) is 17.2 Å². The zero-order chi connectivity index (χ0) is 17.4. The number of nitrogens with zero attached hydrogens (tertiary/aromatic N) is 4. The van der Waals surface area contributed by atoms with E-state index in [1.165, 1.54) is 0 Å². The number of hydrogen-bond acceptors (Lipinski definition) is 4. The number of rotatable bonds is 2. The maximum absolute atomic E-state index is 12.9. The van der Waals surface area contributed by atoms with E-state index >= 15 is 0 Å². The largest absolute Gasteiger partial charge is 0.306 e. The van der Waals surface area contributed by atoms with Crippen LogP contribution in [0.5, 0.6) is 0 Å². The van der Waals surface area contributed by atoms with Crippen LogP contribution in [0.3, 0.4) is 0 Å². The van der Waals surface area contributed by atoms with Crippen molar-refractivity contribution in [3.63, 3.8) is 0 Å². The first-order valence-electron chi connectivity index (χ1n) is 8.17. The minimum Gasteiger partial charge on any atom is -0.306 e. The number of anilines is 1. The van der Waals surface area contributed by atoms with Crippen LogP contribution in [0.2, 0.25) is 0 Å². The van der Waals surface area contributed by atoms with Crippen LogP contribution in [-0.2, 0) is 0 Å². The number of amides is 1. The molecule has 3 heterocycles. The lowest BCUT2D eigenvalue weighted by Gasteiger charge is -2.28.